The van der Waals surface area contributed by atoms with Crippen molar-refractivity contribution in [3.8, 4) is 0 Å². The zero-order chi connectivity index (χ0) is 15.4. The maximum atomic E-state index is 12.2. The number of nitrogens with one attached hydrogen (secondary N) is 2. The highest BCUT2D eigenvalue weighted by atomic mass is 16.4. The number of carboxylic acids is 1. The topological polar surface area (TPSA) is 95.1 Å². The molecule has 0 aliphatic rings. The van der Waals surface area contributed by atoms with Crippen LogP contribution < -0.4 is 5.32 Å². The molecular weight excluding hydrogens is 270 g/mol. The van der Waals surface area contributed by atoms with E-state index < -0.39 is 5.97 Å². The standard InChI is InChI=1S/C15H15N3O3/c1-9-14(10(2)18-17-9)15(21)16-12-6-3-11(4-7-12)5-8-13(19)20/h3-8H,1-2H3,(H,16,21)(H,17,18)(H,19,20)/b8-5+. The molecule has 6 nitrogen and oxygen atoms in total. The number of aliphatic carboxylic acids is 1. The monoisotopic (exact) mass is 285 g/mol. The second-order valence-electron chi connectivity index (χ2n) is 4.56. The van der Waals surface area contributed by atoms with Crippen LogP contribution >= 0.6 is 0 Å². The zero-order valence-electron chi connectivity index (χ0n) is 11.7. The molecule has 0 spiro atoms. The first kappa shape index (κ1) is 14.5. The molecule has 6 heteroatoms. The van der Waals surface area contributed by atoms with Crippen LogP contribution in [0, 0.1) is 13.8 Å². The van der Waals surface area contributed by atoms with Crippen molar-refractivity contribution in [1.29, 1.82) is 0 Å². The number of rotatable bonds is 4. The maximum Gasteiger partial charge on any atom is 0.328 e. The van der Waals surface area contributed by atoms with Gasteiger partial charge in [0.05, 0.1) is 11.3 Å². The smallest absolute Gasteiger partial charge is 0.328 e. The molecule has 2 aromatic rings. The number of amides is 1. The highest BCUT2D eigenvalue weighted by Gasteiger charge is 2.15. The molecular formula is C15H15N3O3. The van der Waals surface area contributed by atoms with E-state index in [1.165, 1.54) is 6.08 Å². The van der Waals surface area contributed by atoms with E-state index in [1.54, 1.807) is 38.1 Å². The van der Waals surface area contributed by atoms with E-state index in [4.69, 9.17) is 5.11 Å². The lowest BCUT2D eigenvalue weighted by Gasteiger charge is -2.05. The molecule has 0 atom stereocenters. The van der Waals surface area contributed by atoms with Crippen LogP contribution in [-0.4, -0.2) is 27.2 Å². The predicted molar refractivity (Wildman–Crippen MR) is 79.1 cm³/mol. The minimum atomic E-state index is -1.00. The summed E-state index contributed by atoms with van der Waals surface area (Å²) in [5.41, 5.74) is 3.26. The van der Waals surface area contributed by atoms with Crippen LogP contribution in [0.3, 0.4) is 0 Å². The highest BCUT2D eigenvalue weighted by Crippen LogP contribution is 2.15. The van der Waals surface area contributed by atoms with Gasteiger partial charge in [0, 0.05) is 17.5 Å². The number of aromatic amines is 1. The maximum absolute atomic E-state index is 12.2. The van der Waals surface area contributed by atoms with Gasteiger partial charge in [0.25, 0.3) is 5.91 Å². The summed E-state index contributed by atoms with van der Waals surface area (Å²) >= 11 is 0. The quantitative estimate of drug-likeness (QED) is 0.751. The van der Waals surface area contributed by atoms with Crippen LogP contribution in [0.4, 0.5) is 5.69 Å². The van der Waals surface area contributed by atoms with Gasteiger partial charge in [-0.25, -0.2) is 4.79 Å². The molecule has 0 unspecified atom stereocenters. The number of carboxylic acid groups (broad SMARTS) is 1. The van der Waals surface area contributed by atoms with Crippen molar-refractivity contribution in [3.63, 3.8) is 0 Å². The van der Waals surface area contributed by atoms with Gasteiger partial charge in [0.15, 0.2) is 0 Å². The molecule has 0 aliphatic heterocycles. The Morgan fingerprint density at radius 3 is 2.43 bits per heavy atom. The molecule has 108 valence electrons. The van der Waals surface area contributed by atoms with Gasteiger partial charge in [-0.3, -0.25) is 9.89 Å². The van der Waals surface area contributed by atoms with Gasteiger partial charge in [-0.1, -0.05) is 12.1 Å². The van der Waals surface area contributed by atoms with E-state index in [0.717, 1.165) is 11.6 Å². The molecule has 1 aromatic carbocycles. The lowest BCUT2D eigenvalue weighted by Crippen LogP contribution is -2.13. The second kappa shape index (κ2) is 6.04. The fourth-order valence-electron chi connectivity index (χ4n) is 1.92. The number of carbonyl (C=O) groups is 2. The summed E-state index contributed by atoms with van der Waals surface area (Å²) < 4.78 is 0. The molecule has 0 aliphatic carbocycles. The van der Waals surface area contributed by atoms with Crippen molar-refractivity contribution in [2.75, 3.05) is 5.32 Å². The molecule has 21 heavy (non-hydrogen) atoms. The molecule has 2 rings (SSSR count). The van der Waals surface area contributed by atoms with Gasteiger partial charge in [-0.05, 0) is 37.6 Å². The van der Waals surface area contributed by atoms with Crippen molar-refractivity contribution < 1.29 is 14.7 Å². The molecule has 1 aromatic heterocycles. The third-order valence-electron chi connectivity index (χ3n) is 2.94. The third kappa shape index (κ3) is 3.56. The summed E-state index contributed by atoms with van der Waals surface area (Å²) in [5.74, 6) is -1.23. The van der Waals surface area contributed by atoms with Crippen LogP contribution in [0.25, 0.3) is 6.08 Å². The minimum absolute atomic E-state index is 0.229. The van der Waals surface area contributed by atoms with Crippen molar-refractivity contribution >= 4 is 23.6 Å². The minimum Gasteiger partial charge on any atom is -0.478 e. The Kier molecular flexibility index (Phi) is 4.18. The van der Waals surface area contributed by atoms with Gasteiger partial charge in [-0.2, -0.15) is 5.10 Å². The fraction of sp³-hybridized carbons (Fsp3) is 0.133. The van der Waals surface area contributed by atoms with Crippen LogP contribution in [0.1, 0.15) is 27.3 Å². The predicted octanol–water partition coefficient (Wildman–Crippen LogP) is 2.38. The number of anilines is 1. The summed E-state index contributed by atoms with van der Waals surface area (Å²) in [6.07, 6.45) is 2.55. The molecule has 0 radical (unpaired) electrons. The summed E-state index contributed by atoms with van der Waals surface area (Å²) in [6.45, 7) is 3.55. The summed E-state index contributed by atoms with van der Waals surface area (Å²) in [4.78, 5) is 22.6. The van der Waals surface area contributed by atoms with E-state index in [0.29, 0.717) is 22.6 Å². The molecule has 0 saturated heterocycles. The van der Waals surface area contributed by atoms with E-state index >= 15 is 0 Å². The van der Waals surface area contributed by atoms with E-state index in [2.05, 4.69) is 15.5 Å². The van der Waals surface area contributed by atoms with E-state index in [-0.39, 0.29) is 5.91 Å². The Morgan fingerprint density at radius 2 is 1.90 bits per heavy atom. The summed E-state index contributed by atoms with van der Waals surface area (Å²) in [6, 6.07) is 6.88. The van der Waals surface area contributed by atoms with Gasteiger partial charge in [-0.15, -0.1) is 0 Å². The van der Waals surface area contributed by atoms with Crippen LogP contribution in [0.2, 0.25) is 0 Å². The first-order chi connectivity index (χ1) is 9.97. The molecule has 0 bridgehead atoms. The van der Waals surface area contributed by atoms with Gasteiger partial charge in [0.1, 0.15) is 0 Å². The molecule has 1 amide bonds. The molecule has 1 heterocycles. The number of nitrogens with zero attached hydrogens (tertiary/aromatic N) is 1. The van der Waals surface area contributed by atoms with Crippen molar-refractivity contribution in [3.05, 3.63) is 52.9 Å². The third-order valence-corrected chi connectivity index (χ3v) is 2.94. The number of hydrogen-bond donors (Lipinski definition) is 3. The highest BCUT2D eigenvalue weighted by molar-refractivity contribution is 6.05. The first-order valence-electron chi connectivity index (χ1n) is 6.31. The lowest BCUT2D eigenvalue weighted by molar-refractivity contribution is -0.131. The van der Waals surface area contributed by atoms with Gasteiger partial charge >= 0.3 is 5.97 Å². The fourth-order valence-corrected chi connectivity index (χ4v) is 1.92. The zero-order valence-corrected chi connectivity index (χ0v) is 11.7. The van der Waals surface area contributed by atoms with Crippen molar-refractivity contribution in [2.24, 2.45) is 0 Å². The van der Waals surface area contributed by atoms with Crippen molar-refractivity contribution in [2.45, 2.75) is 13.8 Å². The lowest BCUT2D eigenvalue weighted by atomic mass is 10.1. The molecule has 0 saturated carbocycles. The van der Waals surface area contributed by atoms with Crippen molar-refractivity contribution in [1.82, 2.24) is 10.2 Å². The Morgan fingerprint density at radius 1 is 1.24 bits per heavy atom. The Labute approximate surface area is 121 Å². The average Bonchev–Trinajstić information content (AvgIpc) is 2.77. The number of hydrogen-bond acceptors (Lipinski definition) is 3. The average molecular weight is 285 g/mol. The number of benzene rings is 1. The number of carbonyl (C=O) groups excluding carboxylic acids is 1. The molecule has 3 N–H and O–H groups in total. The number of aryl methyl sites for hydroxylation is 2. The number of aromatic nitrogens is 2. The summed E-state index contributed by atoms with van der Waals surface area (Å²) in [7, 11) is 0. The first-order valence-corrected chi connectivity index (χ1v) is 6.31. The van der Waals surface area contributed by atoms with E-state index in [1.807, 2.05) is 0 Å². The van der Waals surface area contributed by atoms with Crippen LogP contribution in [0.15, 0.2) is 30.3 Å². The second-order valence-corrected chi connectivity index (χ2v) is 4.56. The van der Waals surface area contributed by atoms with Crippen LogP contribution in [0.5, 0.6) is 0 Å². The Bertz CT molecular complexity index is 680. The normalized spacial score (nSPS) is 10.8. The SMILES string of the molecule is Cc1n[nH]c(C)c1C(=O)Nc1ccc(/C=C/C(=O)O)cc1. The van der Waals surface area contributed by atoms with Gasteiger partial charge in [0.2, 0.25) is 0 Å². The number of H-pyrrole nitrogens is 1. The Balaban J connectivity index is 2.10. The van der Waals surface area contributed by atoms with E-state index in [9.17, 15) is 9.59 Å². The largest absolute Gasteiger partial charge is 0.478 e. The molecule has 0 fully saturated rings. The summed E-state index contributed by atoms with van der Waals surface area (Å²) in [5, 5.41) is 18.1. The Hall–Kier alpha value is -2.89. The van der Waals surface area contributed by atoms with Gasteiger partial charge < -0.3 is 10.4 Å². The van der Waals surface area contributed by atoms with Crippen LogP contribution in [-0.2, 0) is 4.79 Å².